The van der Waals surface area contributed by atoms with Crippen LogP contribution in [-0.4, -0.2) is 15.0 Å². The van der Waals surface area contributed by atoms with Crippen molar-refractivity contribution in [3.05, 3.63) is 140 Å². The average molecular weight is 486 g/mol. The first kappa shape index (κ1) is 22.1. The molecule has 3 heteroatoms. The topological polar surface area (TPSA) is 38.7 Å². The predicted octanol–water partition coefficient (Wildman–Crippen LogP) is 8.85. The van der Waals surface area contributed by atoms with Crippen LogP contribution in [-0.2, 0) is 0 Å². The maximum atomic E-state index is 5.01. The molecule has 0 N–H and O–H groups in total. The zero-order chi connectivity index (χ0) is 25.3. The summed E-state index contributed by atoms with van der Waals surface area (Å²) in [4.78, 5) is 14.9. The second kappa shape index (κ2) is 9.38. The predicted molar refractivity (Wildman–Crippen MR) is 157 cm³/mol. The Kier molecular flexibility index (Phi) is 5.45. The van der Waals surface area contributed by atoms with E-state index >= 15 is 0 Å². The van der Waals surface area contributed by atoms with Gasteiger partial charge in [-0.2, -0.15) is 0 Å². The van der Waals surface area contributed by atoms with Gasteiger partial charge in [0.2, 0.25) is 0 Å². The molecule has 7 aromatic rings. The minimum absolute atomic E-state index is 0.662. The van der Waals surface area contributed by atoms with Crippen molar-refractivity contribution in [3.8, 4) is 45.3 Å². The number of fused-ring (bicyclic) bond motifs is 2. The first-order valence-electron chi connectivity index (χ1n) is 12.7. The van der Waals surface area contributed by atoms with Crippen LogP contribution in [0.3, 0.4) is 0 Å². The summed E-state index contributed by atoms with van der Waals surface area (Å²) in [6.45, 7) is 0. The zero-order valence-corrected chi connectivity index (χ0v) is 20.6. The number of hydrogen-bond acceptors (Lipinski definition) is 3. The van der Waals surface area contributed by atoms with Crippen LogP contribution < -0.4 is 0 Å². The van der Waals surface area contributed by atoms with Gasteiger partial charge in [0.1, 0.15) is 0 Å². The van der Waals surface area contributed by atoms with Crippen molar-refractivity contribution in [2.75, 3.05) is 0 Å². The summed E-state index contributed by atoms with van der Waals surface area (Å²) in [6, 6.07) is 48.2. The molecule has 0 saturated carbocycles. The molecule has 0 saturated heterocycles. The van der Waals surface area contributed by atoms with Gasteiger partial charge >= 0.3 is 0 Å². The third-order valence-electron chi connectivity index (χ3n) is 6.88. The number of benzene rings is 6. The van der Waals surface area contributed by atoms with E-state index in [9.17, 15) is 0 Å². The Hall–Kier alpha value is -5.15. The van der Waals surface area contributed by atoms with E-state index in [1.807, 2.05) is 60.7 Å². The van der Waals surface area contributed by atoms with Gasteiger partial charge in [0, 0.05) is 16.7 Å². The molecule has 0 radical (unpaired) electrons. The van der Waals surface area contributed by atoms with Crippen LogP contribution in [0.25, 0.3) is 66.8 Å². The minimum Gasteiger partial charge on any atom is -0.208 e. The van der Waals surface area contributed by atoms with Crippen LogP contribution in [0.4, 0.5) is 0 Å². The molecule has 0 unspecified atom stereocenters. The normalized spacial score (nSPS) is 11.2. The third-order valence-corrected chi connectivity index (χ3v) is 6.88. The van der Waals surface area contributed by atoms with E-state index in [2.05, 4.69) is 78.9 Å². The van der Waals surface area contributed by atoms with E-state index in [-0.39, 0.29) is 0 Å². The van der Waals surface area contributed by atoms with Gasteiger partial charge in [-0.05, 0) is 50.9 Å². The molecule has 0 aliphatic rings. The Morgan fingerprint density at radius 2 is 0.842 bits per heavy atom. The van der Waals surface area contributed by atoms with Gasteiger partial charge < -0.3 is 0 Å². The highest BCUT2D eigenvalue weighted by atomic mass is 15.0. The molecular formula is C35H23N3. The summed E-state index contributed by atoms with van der Waals surface area (Å²) in [5.41, 5.74) is 5.21. The molecule has 1 aromatic heterocycles. The van der Waals surface area contributed by atoms with Gasteiger partial charge in [-0.1, -0.05) is 121 Å². The van der Waals surface area contributed by atoms with Crippen LogP contribution in [0, 0.1) is 0 Å². The highest BCUT2D eigenvalue weighted by Crippen LogP contribution is 2.35. The maximum absolute atomic E-state index is 5.01. The highest BCUT2D eigenvalue weighted by molar-refractivity contribution is 6.00. The van der Waals surface area contributed by atoms with Crippen molar-refractivity contribution in [2.45, 2.75) is 0 Å². The van der Waals surface area contributed by atoms with E-state index in [0.29, 0.717) is 17.5 Å². The van der Waals surface area contributed by atoms with Gasteiger partial charge in [-0.15, -0.1) is 0 Å². The van der Waals surface area contributed by atoms with E-state index < -0.39 is 0 Å². The number of rotatable bonds is 4. The third kappa shape index (κ3) is 4.10. The number of aromatic nitrogens is 3. The largest absolute Gasteiger partial charge is 0.208 e. The van der Waals surface area contributed by atoms with E-state index in [4.69, 9.17) is 15.0 Å². The second-order valence-corrected chi connectivity index (χ2v) is 9.35. The van der Waals surface area contributed by atoms with Crippen LogP contribution in [0.1, 0.15) is 0 Å². The summed E-state index contributed by atoms with van der Waals surface area (Å²) < 4.78 is 0. The lowest BCUT2D eigenvalue weighted by Gasteiger charge is -2.13. The molecular weight excluding hydrogens is 462 g/mol. The molecule has 0 amide bonds. The molecule has 0 spiro atoms. The van der Waals surface area contributed by atoms with Crippen molar-refractivity contribution in [2.24, 2.45) is 0 Å². The highest BCUT2D eigenvalue weighted by Gasteiger charge is 2.15. The second-order valence-electron chi connectivity index (χ2n) is 9.35. The lowest BCUT2D eigenvalue weighted by Crippen LogP contribution is -2.00. The Bertz CT molecular complexity index is 1850. The molecule has 0 atom stereocenters. The average Bonchev–Trinajstić information content (AvgIpc) is 3.01. The summed E-state index contributed by atoms with van der Waals surface area (Å²) in [5, 5.41) is 4.71. The molecule has 6 aromatic carbocycles. The molecule has 3 nitrogen and oxygen atoms in total. The first-order valence-corrected chi connectivity index (χ1v) is 12.7. The van der Waals surface area contributed by atoms with Crippen LogP contribution in [0.5, 0.6) is 0 Å². The summed E-state index contributed by atoms with van der Waals surface area (Å²) in [7, 11) is 0. The first-order chi connectivity index (χ1) is 18.8. The summed E-state index contributed by atoms with van der Waals surface area (Å²) in [5.74, 6) is 1.99. The zero-order valence-electron chi connectivity index (χ0n) is 20.6. The van der Waals surface area contributed by atoms with Crippen molar-refractivity contribution in [3.63, 3.8) is 0 Å². The van der Waals surface area contributed by atoms with Crippen LogP contribution >= 0.6 is 0 Å². The van der Waals surface area contributed by atoms with Crippen molar-refractivity contribution >= 4 is 21.5 Å². The fraction of sp³-hybridized carbons (Fsp3) is 0. The SMILES string of the molecule is c1ccc(-c2nc(-c3ccccc3)nc(-c3cc(-c4ccc5ccccc5c4)cc4ccccc34)n2)cc1. The van der Waals surface area contributed by atoms with E-state index in [1.54, 1.807) is 0 Å². The summed E-state index contributed by atoms with van der Waals surface area (Å²) in [6.07, 6.45) is 0. The van der Waals surface area contributed by atoms with Gasteiger partial charge in [0.25, 0.3) is 0 Å². The Morgan fingerprint density at radius 3 is 1.53 bits per heavy atom. The Morgan fingerprint density at radius 1 is 0.316 bits per heavy atom. The number of hydrogen-bond donors (Lipinski definition) is 0. The maximum Gasteiger partial charge on any atom is 0.164 e. The quantitative estimate of drug-likeness (QED) is 0.250. The molecule has 38 heavy (non-hydrogen) atoms. The number of nitrogens with zero attached hydrogens (tertiary/aromatic N) is 3. The van der Waals surface area contributed by atoms with Crippen LogP contribution in [0.2, 0.25) is 0 Å². The smallest absolute Gasteiger partial charge is 0.164 e. The van der Waals surface area contributed by atoms with E-state index in [0.717, 1.165) is 38.6 Å². The standard InChI is InChI=1S/C35H23N3/c1-3-12-25(13-4-1)33-36-34(26-14-5-2-6-15-26)38-35(37-33)32-23-30(22-29-17-9-10-18-31(29)32)28-20-19-24-11-7-8-16-27(24)21-28/h1-23H. The molecule has 0 aliphatic heterocycles. The Labute approximate surface area is 221 Å². The molecule has 7 rings (SSSR count). The van der Waals surface area contributed by atoms with Gasteiger partial charge in [0.05, 0.1) is 0 Å². The van der Waals surface area contributed by atoms with Gasteiger partial charge in [-0.3, -0.25) is 0 Å². The lowest BCUT2D eigenvalue weighted by molar-refractivity contribution is 1.08. The molecule has 0 fully saturated rings. The molecule has 0 aliphatic carbocycles. The van der Waals surface area contributed by atoms with E-state index in [1.165, 1.54) is 10.8 Å². The molecule has 0 bridgehead atoms. The summed E-state index contributed by atoms with van der Waals surface area (Å²) >= 11 is 0. The van der Waals surface area contributed by atoms with Gasteiger partial charge in [0.15, 0.2) is 17.5 Å². The molecule has 1 heterocycles. The molecule has 178 valence electrons. The minimum atomic E-state index is 0.662. The van der Waals surface area contributed by atoms with Crippen molar-refractivity contribution in [1.29, 1.82) is 0 Å². The monoisotopic (exact) mass is 485 g/mol. The van der Waals surface area contributed by atoms with Gasteiger partial charge in [-0.25, -0.2) is 15.0 Å². The fourth-order valence-electron chi connectivity index (χ4n) is 4.96. The van der Waals surface area contributed by atoms with Crippen molar-refractivity contribution in [1.82, 2.24) is 15.0 Å². The van der Waals surface area contributed by atoms with Crippen LogP contribution in [0.15, 0.2) is 140 Å². The Balaban J connectivity index is 1.48. The van der Waals surface area contributed by atoms with Crippen molar-refractivity contribution < 1.29 is 0 Å². The lowest BCUT2D eigenvalue weighted by atomic mass is 9.95. The fourth-order valence-corrected chi connectivity index (χ4v) is 4.96.